The number of hydrogen-bond acceptors (Lipinski definition) is 3. The van der Waals surface area contributed by atoms with Crippen molar-refractivity contribution in [2.45, 2.75) is 31.4 Å². The molecule has 3 heteroatoms. The SMILES string of the molecule is COC1CCN(C(CC#N)c2ccccc2)CC1. The molecule has 2 rings (SSSR count). The molecule has 0 aromatic heterocycles. The smallest absolute Gasteiger partial charge is 0.0641 e. The van der Waals surface area contributed by atoms with Crippen LogP contribution in [0.2, 0.25) is 0 Å². The zero-order valence-electron chi connectivity index (χ0n) is 10.9. The molecule has 1 aromatic carbocycles. The molecule has 3 nitrogen and oxygen atoms in total. The summed E-state index contributed by atoms with van der Waals surface area (Å²) >= 11 is 0. The Balaban J connectivity index is 2.05. The number of piperidine rings is 1. The minimum Gasteiger partial charge on any atom is -0.381 e. The second-order valence-corrected chi connectivity index (χ2v) is 4.76. The van der Waals surface area contributed by atoms with Gasteiger partial charge in [0.25, 0.3) is 0 Å². The lowest BCUT2D eigenvalue weighted by atomic mass is 9.98. The summed E-state index contributed by atoms with van der Waals surface area (Å²) in [5.41, 5.74) is 1.25. The number of methoxy groups -OCH3 is 1. The van der Waals surface area contributed by atoms with Crippen molar-refractivity contribution < 1.29 is 4.74 Å². The zero-order valence-corrected chi connectivity index (χ0v) is 10.9. The molecule has 1 unspecified atom stereocenters. The van der Waals surface area contributed by atoms with Gasteiger partial charge in [-0.15, -0.1) is 0 Å². The minimum absolute atomic E-state index is 0.231. The number of benzene rings is 1. The Morgan fingerprint density at radius 2 is 2.00 bits per heavy atom. The third kappa shape index (κ3) is 3.10. The molecular weight excluding hydrogens is 224 g/mol. The third-order valence-corrected chi connectivity index (χ3v) is 3.72. The predicted octanol–water partition coefficient (Wildman–Crippen LogP) is 2.75. The first-order valence-electron chi connectivity index (χ1n) is 6.54. The molecular formula is C15H20N2O. The highest BCUT2D eigenvalue weighted by molar-refractivity contribution is 5.20. The topological polar surface area (TPSA) is 36.3 Å². The van der Waals surface area contributed by atoms with Gasteiger partial charge in [-0.25, -0.2) is 0 Å². The van der Waals surface area contributed by atoms with Crippen LogP contribution in [0.25, 0.3) is 0 Å². The summed E-state index contributed by atoms with van der Waals surface area (Å²) in [7, 11) is 1.78. The largest absolute Gasteiger partial charge is 0.381 e. The van der Waals surface area contributed by atoms with Gasteiger partial charge >= 0.3 is 0 Å². The van der Waals surface area contributed by atoms with E-state index in [1.807, 2.05) is 18.2 Å². The molecule has 18 heavy (non-hydrogen) atoms. The first kappa shape index (κ1) is 13.1. The molecule has 1 aliphatic heterocycles. The maximum absolute atomic E-state index is 9.03. The molecule has 0 aliphatic carbocycles. The predicted molar refractivity (Wildman–Crippen MR) is 71.0 cm³/mol. The van der Waals surface area contributed by atoms with Crippen LogP contribution in [0.5, 0.6) is 0 Å². The number of nitrogens with zero attached hydrogens (tertiary/aromatic N) is 2. The van der Waals surface area contributed by atoms with Crippen LogP contribution in [0.4, 0.5) is 0 Å². The van der Waals surface area contributed by atoms with Crippen molar-refractivity contribution in [3.05, 3.63) is 35.9 Å². The highest BCUT2D eigenvalue weighted by Gasteiger charge is 2.25. The molecule has 1 saturated heterocycles. The molecule has 1 fully saturated rings. The van der Waals surface area contributed by atoms with Crippen molar-refractivity contribution in [1.29, 1.82) is 5.26 Å². The van der Waals surface area contributed by atoms with Crippen LogP contribution in [-0.4, -0.2) is 31.2 Å². The first-order chi connectivity index (χ1) is 8.85. The van der Waals surface area contributed by atoms with Crippen LogP contribution < -0.4 is 0 Å². The molecule has 0 spiro atoms. The quantitative estimate of drug-likeness (QED) is 0.817. The van der Waals surface area contributed by atoms with E-state index in [-0.39, 0.29) is 6.04 Å². The van der Waals surface area contributed by atoms with Gasteiger partial charge in [0.2, 0.25) is 0 Å². The summed E-state index contributed by atoms with van der Waals surface area (Å²) < 4.78 is 5.39. The molecule has 1 aliphatic rings. The van der Waals surface area contributed by atoms with E-state index in [2.05, 4.69) is 23.1 Å². The van der Waals surface area contributed by atoms with Gasteiger partial charge in [-0.05, 0) is 18.4 Å². The summed E-state index contributed by atoms with van der Waals surface area (Å²) in [6.07, 6.45) is 3.07. The molecule has 96 valence electrons. The first-order valence-corrected chi connectivity index (χ1v) is 6.54. The molecule has 1 heterocycles. The molecule has 1 atom stereocenters. The second kappa shape index (κ2) is 6.53. The lowest BCUT2D eigenvalue weighted by Gasteiger charge is -2.36. The number of ether oxygens (including phenoxy) is 1. The van der Waals surface area contributed by atoms with Crippen molar-refractivity contribution in [1.82, 2.24) is 4.90 Å². The van der Waals surface area contributed by atoms with Gasteiger partial charge in [0.05, 0.1) is 18.6 Å². The molecule has 0 radical (unpaired) electrons. The van der Waals surface area contributed by atoms with Crippen LogP contribution >= 0.6 is 0 Å². The van der Waals surface area contributed by atoms with Crippen LogP contribution in [0.1, 0.15) is 30.9 Å². The number of hydrogen-bond donors (Lipinski definition) is 0. The van der Waals surface area contributed by atoms with Crippen LogP contribution in [0, 0.1) is 11.3 Å². The van der Waals surface area contributed by atoms with Gasteiger partial charge in [0, 0.05) is 26.2 Å². The van der Waals surface area contributed by atoms with E-state index in [1.54, 1.807) is 7.11 Å². The van der Waals surface area contributed by atoms with E-state index < -0.39 is 0 Å². The second-order valence-electron chi connectivity index (χ2n) is 4.76. The third-order valence-electron chi connectivity index (χ3n) is 3.72. The molecule has 1 aromatic rings. The fourth-order valence-electron chi connectivity index (χ4n) is 2.64. The number of nitriles is 1. The molecule has 0 N–H and O–H groups in total. The van der Waals surface area contributed by atoms with Gasteiger partial charge in [0.1, 0.15) is 0 Å². The highest BCUT2D eigenvalue weighted by atomic mass is 16.5. The summed E-state index contributed by atoms with van der Waals surface area (Å²) in [4.78, 5) is 2.41. The normalized spacial score (nSPS) is 19.3. The Morgan fingerprint density at radius 1 is 1.33 bits per heavy atom. The minimum atomic E-state index is 0.231. The summed E-state index contributed by atoms with van der Waals surface area (Å²) in [5, 5.41) is 9.03. The van der Waals surface area contributed by atoms with Crippen LogP contribution in [0.3, 0.4) is 0 Å². The average molecular weight is 244 g/mol. The fraction of sp³-hybridized carbons (Fsp3) is 0.533. The van der Waals surface area contributed by atoms with Gasteiger partial charge in [-0.3, -0.25) is 4.90 Å². The van der Waals surface area contributed by atoms with E-state index in [0.29, 0.717) is 12.5 Å². The Hall–Kier alpha value is -1.37. The Kier molecular flexibility index (Phi) is 4.74. The summed E-state index contributed by atoms with van der Waals surface area (Å²) in [6, 6.07) is 12.9. The Labute approximate surface area is 109 Å². The van der Waals surface area contributed by atoms with Crippen molar-refractivity contribution in [3.8, 4) is 6.07 Å². The van der Waals surface area contributed by atoms with Crippen LogP contribution in [-0.2, 0) is 4.74 Å². The Bertz CT molecular complexity index is 391. The summed E-state index contributed by atoms with van der Waals surface area (Å²) in [5.74, 6) is 0. The van der Waals surface area contributed by atoms with Gasteiger partial charge < -0.3 is 4.74 Å². The van der Waals surface area contributed by atoms with Gasteiger partial charge in [-0.2, -0.15) is 5.26 Å². The van der Waals surface area contributed by atoms with Crippen molar-refractivity contribution in [2.75, 3.05) is 20.2 Å². The lowest BCUT2D eigenvalue weighted by molar-refractivity contribution is 0.0274. The fourth-order valence-corrected chi connectivity index (χ4v) is 2.64. The van der Waals surface area contributed by atoms with Gasteiger partial charge in [-0.1, -0.05) is 30.3 Å². The van der Waals surface area contributed by atoms with Crippen LogP contribution in [0.15, 0.2) is 30.3 Å². The monoisotopic (exact) mass is 244 g/mol. The van der Waals surface area contributed by atoms with Crippen molar-refractivity contribution >= 4 is 0 Å². The maximum Gasteiger partial charge on any atom is 0.0641 e. The lowest BCUT2D eigenvalue weighted by Crippen LogP contribution is -2.39. The van der Waals surface area contributed by atoms with E-state index in [1.165, 1.54) is 5.56 Å². The van der Waals surface area contributed by atoms with Crippen molar-refractivity contribution in [2.24, 2.45) is 0 Å². The van der Waals surface area contributed by atoms with E-state index in [9.17, 15) is 0 Å². The zero-order chi connectivity index (χ0) is 12.8. The van der Waals surface area contributed by atoms with E-state index in [0.717, 1.165) is 25.9 Å². The highest BCUT2D eigenvalue weighted by Crippen LogP contribution is 2.27. The molecule has 0 saturated carbocycles. The standard InChI is InChI=1S/C15H20N2O/c1-18-14-8-11-17(12-9-14)15(7-10-16)13-5-3-2-4-6-13/h2-6,14-15H,7-9,11-12H2,1H3. The van der Waals surface area contributed by atoms with Gasteiger partial charge in [0.15, 0.2) is 0 Å². The molecule has 0 bridgehead atoms. The van der Waals surface area contributed by atoms with Crippen molar-refractivity contribution in [3.63, 3.8) is 0 Å². The number of likely N-dealkylation sites (tertiary alicyclic amines) is 1. The number of rotatable bonds is 4. The molecule has 0 amide bonds. The Morgan fingerprint density at radius 3 is 2.56 bits per heavy atom. The maximum atomic E-state index is 9.03. The average Bonchev–Trinajstić information content (AvgIpc) is 2.46. The summed E-state index contributed by atoms with van der Waals surface area (Å²) in [6.45, 7) is 2.03. The van der Waals surface area contributed by atoms with E-state index >= 15 is 0 Å². The van der Waals surface area contributed by atoms with E-state index in [4.69, 9.17) is 10.00 Å².